The summed E-state index contributed by atoms with van der Waals surface area (Å²) in [4.78, 5) is 33.3. The van der Waals surface area contributed by atoms with Gasteiger partial charge >= 0.3 is 0 Å². The number of fused-ring (bicyclic) bond motifs is 2. The van der Waals surface area contributed by atoms with E-state index in [4.69, 9.17) is 4.98 Å². The lowest BCUT2D eigenvalue weighted by Crippen LogP contribution is -2.43. The highest BCUT2D eigenvalue weighted by molar-refractivity contribution is 6.01. The standard InChI is InChI=1S/C21H23N5O2/c1-11-16-14(18(27)22-11)10-15(23-16)12-6-4-7-13-17(12)24-20(26(3)19(13)28)25-21(2)8-5-9-21/h4,6-7,10-11,23H,5,8-9H2,1-3H3,(H,22,27)(H,24,25). The van der Waals surface area contributed by atoms with Crippen LogP contribution in [0, 0.1) is 0 Å². The molecule has 3 heterocycles. The number of aromatic nitrogens is 3. The summed E-state index contributed by atoms with van der Waals surface area (Å²) in [5, 5.41) is 6.92. The molecule has 1 aliphatic carbocycles. The van der Waals surface area contributed by atoms with Crippen molar-refractivity contribution >= 4 is 22.8 Å². The number of nitrogens with zero attached hydrogens (tertiary/aromatic N) is 2. The summed E-state index contributed by atoms with van der Waals surface area (Å²) in [5.74, 6) is 0.506. The fourth-order valence-corrected chi connectivity index (χ4v) is 4.22. The van der Waals surface area contributed by atoms with E-state index in [9.17, 15) is 9.59 Å². The summed E-state index contributed by atoms with van der Waals surface area (Å²) >= 11 is 0. The summed E-state index contributed by atoms with van der Waals surface area (Å²) < 4.78 is 1.58. The summed E-state index contributed by atoms with van der Waals surface area (Å²) in [5.41, 5.74) is 3.71. The summed E-state index contributed by atoms with van der Waals surface area (Å²) in [6, 6.07) is 7.39. The third-order valence-corrected chi connectivity index (χ3v) is 6.14. The van der Waals surface area contributed by atoms with Gasteiger partial charge in [-0.1, -0.05) is 12.1 Å². The molecular weight excluding hydrogens is 354 g/mol. The van der Waals surface area contributed by atoms with Crippen molar-refractivity contribution in [3.05, 3.63) is 45.9 Å². The second-order valence-electron chi connectivity index (χ2n) is 8.25. The molecule has 0 saturated heterocycles. The van der Waals surface area contributed by atoms with E-state index in [1.807, 2.05) is 25.1 Å². The molecule has 0 radical (unpaired) electrons. The highest BCUT2D eigenvalue weighted by Gasteiger charge is 2.33. The number of hydrogen-bond acceptors (Lipinski definition) is 4. The van der Waals surface area contributed by atoms with Gasteiger partial charge in [0, 0.05) is 23.8 Å². The Bertz CT molecular complexity index is 1190. The van der Waals surface area contributed by atoms with Gasteiger partial charge in [-0.25, -0.2) is 4.98 Å². The van der Waals surface area contributed by atoms with Gasteiger partial charge in [-0.2, -0.15) is 0 Å². The number of nitrogens with one attached hydrogen (secondary N) is 3. The first kappa shape index (κ1) is 17.0. The molecule has 1 fully saturated rings. The zero-order valence-corrected chi connectivity index (χ0v) is 16.2. The molecule has 0 spiro atoms. The summed E-state index contributed by atoms with van der Waals surface area (Å²) in [6.07, 6.45) is 3.32. The Kier molecular flexibility index (Phi) is 3.47. The zero-order valence-electron chi connectivity index (χ0n) is 16.2. The summed E-state index contributed by atoms with van der Waals surface area (Å²) in [6.45, 7) is 4.11. The van der Waals surface area contributed by atoms with E-state index in [-0.39, 0.29) is 23.0 Å². The molecule has 28 heavy (non-hydrogen) atoms. The van der Waals surface area contributed by atoms with Crippen molar-refractivity contribution < 1.29 is 4.79 Å². The van der Waals surface area contributed by atoms with Crippen LogP contribution in [0.3, 0.4) is 0 Å². The van der Waals surface area contributed by atoms with Crippen molar-refractivity contribution in [3.8, 4) is 11.3 Å². The van der Waals surface area contributed by atoms with E-state index in [2.05, 4.69) is 22.5 Å². The molecule has 1 aromatic carbocycles. The van der Waals surface area contributed by atoms with Crippen molar-refractivity contribution in [1.29, 1.82) is 0 Å². The van der Waals surface area contributed by atoms with E-state index < -0.39 is 0 Å². The Morgan fingerprint density at radius 3 is 2.71 bits per heavy atom. The van der Waals surface area contributed by atoms with Gasteiger partial charge in [-0.05, 0) is 45.2 Å². The van der Waals surface area contributed by atoms with Crippen LogP contribution in [-0.2, 0) is 7.05 Å². The average molecular weight is 377 g/mol. The molecule has 1 amide bonds. The van der Waals surface area contributed by atoms with Crippen molar-refractivity contribution in [2.24, 2.45) is 7.05 Å². The Morgan fingerprint density at radius 2 is 2.04 bits per heavy atom. The highest BCUT2D eigenvalue weighted by atomic mass is 16.2. The van der Waals surface area contributed by atoms with E-state index >= 15 is 0 Å². The Balaban J connectivity index is 1.69. The summed E-state index contributed by atoms with van der Waals surface area (Å²) in [7, 11) is 1.75. The zero-order chi connectivity index (χ0) is 19.6. The number of carbonyl (C=O) groups excluding carboxylic acids is 1. The molecule has 1 aliphatic heterocycles. The van der Waals surface area contributed by atoms with E-state index in [1.165, 1.54) is 6.42 Å². The number of benzene rings is 1. The molecule has 2 aliphatic rings. The molecule has 3 aromatic rings. The van der Waals surface area contributed by atoms with Crippen LogP contribution in [0.25, 0.3) is 22.2 Å². The number of anilines is 1. The second kappa shape index (κ2) is 5.70. The van der Waals surface area contributed by atoms with E-state index in [0.29, 0.717) is 22.4 Å². The Morgan fingerprint density at radius 1 is 1.25 bits per heavy atom. The minimum Gasteiger partial charge on any atom is -0.356 e. The van der Waals surface area contributed by atoms with Crippen molar-refractivity contribution in [2.45, 2.75) is 44.7 Å². The highest BCUT2D eigenvalue weighted by Crippen LogP contribution is 2.35. The topological polar surface area (TPSA) is 91.8 Å². The maximum atomic E-state index is 13.0. The lowest BCUT2D eigenvalue weighted by atomic mass is 9.79. The van der Waals surface area contributed by atoms with Crippen LogP contribution in [0.5, 0.6) is 0 Å². The third-order valence-electron chi connectivity index (χ3n) is 6.14. The van der Waals surface area contributed by atoms with E-state index in [1.54, 1.807) is 17.7 Å². The number of aromatic amines is 1. The van der Waals surface area contributed by atoms with Gasteiger partial charge in [0.1, 0.15) is 0 Å². The van der Waals surface area contributed by atoms with Gasteiger partial charge in [0.25, 0.3) is 11.5 Å². The first-order valence-corrected chi connectivity index (χ1v) is 9.68. The molecule has 1 atom stereocenters. The molecule has 144 valence electrons. The molecule has 7 nitrogen and oxygen atoms in total. The fourth-order valence-electron chi connectivity index (χ4n) is 4.22. The quantitative estimate of drug-likeness (QED) is 0.654. The number of para-hydroxylation sites is 1. The fraction of sp³-hybridized carbons (Fsp3) is 0.381. The Hall–Kier alpha value is -3.09. The van der Waals surface area contributed by atoms with Gasteiger partial charge < -0.3 is 15.6 Å². The molecule has 2 aromatic heterocycles. The molecule has 0 bridgehead atoms. The predicted octanol–water partition coefficient (Wildman–Crippen LogP) is 3.09. The lowest BCUT2D eigenvalue weighted by molar-refractivity contribution is 0.0958. The normalized spacial score (nSPS) is 20.0. The van der Waals surface area contributed by atoms with Gasteiger partial charge in [0.05, 0.1) is 28.2 Å². The van der Waals surface area contributed by atoms with Crippen LogP contribution in [0.2, 0.25) is 0 Å². The van der Waals surface area contributed by atoms with Crippen LogP contribution in [0.1, 0.15) is 55.2 Å². The monoisotopic (exact) mass is 377 g/mol. The second-order valence-corrected chi connectivity index (χ2v) is 8.25. The van der Waals surface area contributed by atoms with Gasteiger partial charge in [-0.3, -0.25) is 14.2 Å². The minimum atomic E-state index is -0.0810. The van der Waals surface area contributed by atoms with Crippen molar-refractivity contribution in [2.75, 3.05) is 5.32 Å². The van der Waals surface area contributed by atoms with Crippen LogP contribution in [-0.4, -0.2) is 26.0 Å². The molecule has 3 N–H and O–H groups in total. The lowest BCUT2D eigenvalue weighted by Gasteiger charge is -2.39. The number of amides is 1. The SMILES string of the molecule is CC1NC(=O)c2cc(-c3cccc4c(=O)n(C)c(NC5(C)CCC5)nc34)[nH]c21. The number of carbonyl (C=O) groups is 1. The molecule has 1 saturated carbocycles. The molecular formula is C21H23N5O2. The van der Waals surface area contributed by atoms with Crippen LogP contribution in [0.4, 0.5) is 5.95 Å². The van der Waals surface area contributed by atoms with Gasteiger partial charge in [0.2, 0.25) is 5.95 Å². The molecule has 7 heteroatoms. The molecule has 1 unspecified atom stereocenters. The Labute approximate surface area is 162 Å². The van der Waals surface area contributed by atoms with Gasteiger partial charge in [-0.15, -0.1) is 0 Å². The van der Waals surface area contributed by atoms with Crippen LogP contribution in [0.15, 0.2) is 29.1 Å². The first-order valence-electron chi connectivity index (χ1n) is 9.68. The van der Waals surface area contributed by atoms with Crippen molar-refractivity contribution in [1.82, 2.24) is 19.9 Å². The van der Waals surface area contributed by atoms with Crippen LogP contribution < -0.4 is 16.2 Å². The maximum Gasteiger partial charge on any atom is 0.262 e. The largest absolute Gasteiger partial charge is 0.356 e. The van der Waals surface area contributed by atoms with Crippen molar-refractivity contribution in [3.63, 3.8) is 0 Å². The van der Waals surface area contributed by atoms with Crippen LogP contribution >= 0.6 is 0 Å². The number of rotatable bonds is 3. The van der Waals surface area contributed by atoms with E-state index in [0.717, 1.165) is 29.8 Å². The average Bonchev–Trinajstić information content (AvgIpc) is 3.19. The van der Waals surface area contributed by atoms with Gasteiger partial charge in [0.15, 0.2) is 0 Å². The minimum absolute atomic E-state index is 0.0129. The first-order chi connectivity index (χ1) is 13.4. The number of hydrogen-bond donors (Lipinski definition) is 3. The number of H-pyrrole nitrogens is 1. The maximum absolute atomic E-state index is 13.0. The molecule has 5 rings (SSSR count). The third kappa shape index (κ3) is 2.38. The smallest absolute Gasteiger partial charge is 0.262 e. The predicted molar refractivity (Wildman–Crippen MR) is 109 cm³/mol.